The van der Waals surface area contributed by atoms with Crippen molar-refractivity contribution in [3.63, 3.8) is 0 Å². The molecule has 2 heterocycles. The first-order chi connectivity index (χ1) is 16.9. The number of morpholine rings is 1. The summed E-state index contributed by atoms with van der Waals surface area (Å²) in [6.07, 6.45) is 2.05. The molecule has 1 amide bonds. The summed E-state index contributed by atoms with van der Waals surface area (Å²) in [5.74, 6) is 0.452. The number of hydrogen-bond donors (Lipinski definition) is 2. The maximum absolute atomic E-state index is 12.2. The summed E-state index contributed by atoms with van der Waals surface area (Å²) in [5, 5.41) is 6.18. The van der Waals surface area contributed by atoms with E-state index in [2.05, 4.69) is 37.6 Å². The number of anilines is 4. The predicted molar refractivity (Wildman–Crippen MR) is 139 cm³/mol. The first-order valence-electron chi connectivity index (χ1n) is 11.9. The van der Waals surface area contributed by atoms with E-state index in [0.29, 0.717) is 19.0 Å². The van der Waals surface area contributed by atoms with Gasteiger partial charge in [-0.3, -0.25) is 4.79 Å². The highest BCUT2D eigenvalue weighted by Crippen LogP contribution is 2.23. The van der Waals surface area contributed by atoms with Crippen LogP contribution in [0.2, 0.25) is 0 Å². The van der Waals surface area contributed by atoms with E-state index in [0.717, 1.165) is 48.9 Å². The molecule has 0 saturated carbocycles. The minimum absolute atomic E-state index is 0.0739. The molecule has 1 aliphatic rings. The zero-order chi connectivity index (χ0) is 24.7. The number of hydrogen-bond acceptors (Lipinski definition) is 7. The summed E-state index contributed by atoms with van der Waals surface area (Å²) >= 11 is 0. The molecule has 1 fully saturated rings. The average Bonchev–Trinajstić information content (AvgIpc) is 2.85. The monoisotopic (exact) mass is 475 g/mol. The van der Waals surface area contributed by atoms with Gasteiger partial charge in [-0.2, -0.15) is 0 Å². The number of nitrogens with one attached hydrogen (secondary N) is 2. The van der Waals surface area contributed by atoms with E-state index in [4.69, 9.17) is 9.47 Å². The summed E-state index contributed by atoms with van der Waals surface area (Å²) in [5.41, 5.74) is 4.33. The fraction of sp³-hybridized carbons (Fsp3) is 0.370. The lowest BCUT2D eigenvalue weighted by Crippen LogP contribution is -2.36. The average molecular weight is 476 g/mol. The Bertz CT molecular complexity index is 1100. The molecule has 0 spiro atoms. The van der Waals surface area contributed by atoms with E-state index < -0.39 is 0 Å². The standard InChI is InChI=1S/C27H33N5O3/c1-27(2,3)35-17-13-25(33)29-21-6-4-20(5-7-21)24-12-14-28-26(31-24)30-22-8-10-23(11-9-22)32-15-18-34-19-16-32/h4-12,14H,13,15-19H2,1-3H3,(H,29,33)(H,28,30,31). The summed E-state index contributed by atoms with van der Waals surface area (Å²) in [6.45, 7) is 9.65. The summed E-state index contributed by atoms with van der Waals surface area (Å²) in [4.78, 5) is 23.5. The highest BCUT2D eigenvalue weighted by Gasteiger charge is 2.12. The number of benzene rings is 2. The Hall–Kier alpha value is -3.49. The van der Waals surface area contributed by atoms with Gasteiger partial charge in [0.2, 0.25) is 11.9 Å². The van der Waals surface area contributed by atoms with E-state index in [1.807, 2.05) is 63.2 Å². The van der Waals surface area contributed by atoms with Gasteiger partial charge in [0.25, 0.3) is 0 Å². The van der Waals surface area contributed by atoms with Crippen LogP contribution < -0.4 is 15.5 Å². The number of ether oxygens (including phenoxy) is 2. The van der Waals surface area contributed by atoms with E-state index in [9.17, 15) is 4.79 Å². The Morgan fingerprint density at radius 3 is 2.37 bits per heavy atom. The highest BCUT2D eigenvalue weighted by molar-refractivity contribution is 5.91. The molecule has 2 N–H and O–H groups in total. The second-order valence-electron chi connectivity index (χ2n) is 9.37. The van der Waals surface area contributed by atoms with E-state index >= 15 is 0 Å². The van der Waals surface area contributed by atoms with Crippen LogP contribution in [0.25, 0.3) is 11.3 Å². The van der Waals surface area contributed by atoms with Crippen LogP contribution in [-0.2, 0) is 14.3 Å². The summed E-state index contributed by atoms with van der Waals surface area (Å²) < 4.78 is 11.0. The quantitative estimate of drug-likeness (QED) is 0.481. The van der Waals surface area contributed by atoms with E-state index in [1.165, 1.54) is 5.69 Å². The number of carbonyl (C=O) groups excluding carboxylic acids is 1. The van der Waals surface area contributed by atoms with Crippen LogP contribution in [0, 0.1) is 0 Å². The third kappa shape index (κ3) is 7.50. The molecule has 1 aromatic heterocycles. The summed E-state index contributed by atoms with van der Waals surface area (Å²) in [7, 11) is 0. The molecule has 0 aliphatic carbocycles. The lowest BCUT2D eigenvalue weighted by molar-refractivity contribution is -0.118. The molecule has 1 saturated heterocycles. The predicted octanol–water partition coefficient (Wildman–Crippen LogP) is 4.87. The van der Waals surface area contributed by atoms with Gasteiger partial charge in [-0.15, -0.1) is 0 Å². The van der Waals surface area contributed by atoms with Gasteiger partial charge in [-0.25, -0.2) is 9.97 Å². The van der Waals surface area contributed by atoms with Crippen LogP contribution in [-0.4, -0.2) is 54.4 Å². The van der Waals surface area contributed by atoms with Crippen LogP contribution >= 0.6 is 0 Å². The maximum atomic E-state index is 12.2. The van der Waals surface area contributed by atoms with Crippen molar-refractivity contribution in [2.24, 2.45) is 0 Å². The van der Waals surface area contributed by atoms with Crippen molar-refractivity contribution in [1.29, 1.82) is 0 Å². The molecular weight excluding hydrogens is 442 g/mol. The van der Waals surface area contributed by atoms with E-state index in [-0.39, 0.29) is 11.5 Å². The molecule has 1 aliphatic heterocycles. The molecule has 0 atom stereocenters. The zero-order valence-electron chi connectivity index (χ0n) is 20.6. The minimum atomic E-state index is -0.250. The number of nitrogens with zero attached hydrogens (tertiary/aromatic N) is 3. The van der Waals surface area contributed by atoms with Crippen molar-refractivity contribution < 1.29 is 14.3 Å². The Morgan fingerprint density at radius 1 is 1.00 bits per heavy atom. The van der Waals surface area contributed by atoms with Crippen molar-refractivity contribution in [3.8, 4) is 11.3 Å². The van der Waals surface area contributed by atoms with Gasteiger partial charge >= 0.3 is 0 Å². The van der Waals surface area contributed by atoms with Crippen molar-refractivity contribution in [2.45, 2.75) is 32.8 Å². The Labute approximate surface area is 206 Å². The van der Waals surface area contributed by atoms with Gasteiger partial charge in [-0.1, -0.05) is 12.1 Å². The second kappa shape index (κ2) is 11.3. The Balaban J connectivity index is 1.34. The third-order valence-corrected chi connectivity index (χ3v) is 5.48. The maximum Gasteiger partial charge on any atom is 0.227 e. The number of carbonyl (C=O) groups is 1. The Morgan fingerprint density at radius 2 is 1.69 bits per heavy atom. The topological polar surface area (TPSA) is 88.6 Å². The van der Waals surface area contributed by atoms with Crippen LogP contribution in [0.4, 0.5) is 23.0 Å². The van der Waals surface area contributed by atoms with Crippen LogP contribution in [0.3, 0.4) is 0 Å². The smallest absolute Gasteiger partial charge is 0.227 e. The molecule has 3 aromatic rings. The lowest BCUT2D eigenvalue weighted by Gasteiger charge is -2.28. The van der Waals surface area contributed by atoms with Gasteiger partial charge in [-0.05, 0) is 63.2 Å². The van der Waals surface area contributed by atoms with Crippen molar-refractivity contribution >= 4 is 28.9 Å². The van der Waals surface area contributed by atoms with Gasteiger partial charge in [0.05, 0.1) is 37.5 Å². The van der Waals surface area contributed by atoms with Gasteiger partial charge in [0.15, 0.2) is 0 Å². The van der Waals surface area contributed by atoms with Crippen LogP contribution in [0.15, 0.2) is 60.8 Å². The Kier molecular flexibility index (Phi) is 7.94. The van der Waals surface area contributed by atoms with E-state index in [1.54, 1.807) is 6.20 Å². The minimum Gasteiger partial charge on any atom is -0.378 e. The second-order valence-corrected chi connectivity index (χ2v) is 9.37. The fourth-order valence-corrected chi connectivity index (χ4v) is 3.68. The van der Waals surface area contributed by atoms with Crippen molar-refractivity contribution in [1.82, 2.24) is 9.97 Å². The van der Waals surface area contributed by atoms with Crippen LogP contribution in [0.1, 0.15) is 27.2 Å². The molecule has 4 rings (SSSR count). The van der Waals surface area contributed by atoms with Gasteiger partial charge < -0.3 is 25.0 Å². The summed E-state index contributed by atoms with van der Waals surface area (Å²) in [6, 6.07) is 17.7. The molecular formula is C27H33N5O3. The van der Waals surface area contributed by atoms with Gasteiger partial charge in [0, 0.05) is 41.9 Å². The molecule has 8 heteroatoms. The molecule has 0 bridgehead atoms. The molecule has 0 unspecified atom stereocenters. The normalized spacial score (nSPS) is 14.0. The third-order valence-electron chi connectivity index (χ3n) is 5.48. The molecule has 8 nitrogen and oxygen atoms in total. The van der Waals surface area contributed by atoms with Gasteiger partial charge in [0.1, 0.15) is 0 Å². The SMILES string of the molecule is CC(C)(C)OCCC(=O)Nc1ccc(-c2ccnc(Nc3ccc(N4CCOCC4)cc3)n2)cc1. The number of rotatable bonds is 8. The first-order valence-corrected chi connectivity index (χ1v) is 11.9. The fourth-order valence-electron chi connectivity index (χ4n) is 3.68. The zero-order valence-corrected chi connectivity index (χ0v) is 20.6. The molecule has 184 valence electrons. The van der Waals surface area contributed by atoms with Crippen LogP contribution in [0.5, 0.6) is 0 Å². The number of amides is 1. The van der Waals surface area contributed by atoms with Crippen molar-refractivity contribution in [2.75, 3.05) is 48.4 Å². The molecule has 0 radical (unpaired) electrons. The first kappa shape index (κ1) is 24.6. The number of aromatic nitrogens is 2. The molecule has 2 aromatic carbocycles. The van der Waals surface area contributed by atoms with Crippen molar-refractivity contribution in [3.05, 3.63) is 60.8 Å². The largest absolute Gasteiger partial charge is 0.378 e. The molecule has 35 heavy (non-hydrogen) atoms. The highest BCUT2D eigenvalue weighted by atomic mass is 16.5. The lowest BCUT2D eigenvalue weighted by atomic mass is 10.1.